The van der Waals surface area contributed by atoms with Crippen LogP contribution in [0.25, 0.3) is 0 Å². The largest absolute Gasteiger partial charge is 4.00 e. The Morgan fingerprint density at radius 3 is 0.200 bits per heavy atom. The summed E-state index contributed by atoms with van der Waals surface area (Å²) >= 11 is 0. The average Bonchev–Trinajstić information content (AvgIpc) is 1.62. The Kier molecular flexibility index (Phi) is 972. The summed E-state index contributed by atoms with van der Waals surface area (Å²) in [7, 11) is -21.6. The predicted octanol–water partition coefficient (Wildman–Crippen LogP) is -11.7. The fourth-order valence-corrected chi connectivity index (χ4v) is 0. The molecule has 0 aromatic heterocycles. The van der Waals surface area contributed by atoms with E-state index in [2.05, 4.69) is 0 Å². The SMILES string of the molecule is N.N.N.N.N.N.N.N.N.N.N.N.N.N.N.N.N.N.O.O.O.O.O=P([O-])([O-])[O-].O=P([O-])([O-])[O-].O=P([O-])([O-])[O-].O=P([O-])([O-])[O-].[Ru+4].[Ru+4].[Ru+4]. The van der Waals surface area contributed by atoms with E-state index in [1.54, 1.807) is 0 Å². The summed E-state index contributed by atoms with van der Waals surface area (Å²) in [6.07, 6.45) is 0. The smallest absolute Gasteiger partial charge is 0.822 e. The molecular weight excluding hydrogens is 999 g/mol. The Bertz CT molecular complexity index is 338. The molecule has 0 unspecified atom stereocenters. The molecule has 0 aromatic rings. The Labute approximate surface area is 298 Å². The molecule has 0 saturated carbocycles. The zero-order valence-corrected chi connectivity index (χ0v) is 32.9. The standard InChI is InChI=1S/18H3N.4H3O4P.4H2O.3Ru/c;;;;;;;;;;;;;;;;;;4*1-5(2,3)4;;;;;;;/h18*1H3;4*(H3,1,2,3,4);4*1H2;;;/q;;;;;;;;;;;;;;;;;;;;;;;;;;3*+4/p-12. The number of hydrogen-bond donors (Lipinski definition) is 18. The fraction of sp³-hybridized carbons (Fsp3) is 0. The van der Waals surface area contributed by atoms with Crippen molar-refractivity contribution < 1.29 is 157 Å². The topological polar surface area (TPSA) is 1100 Å². The number of hydrogen-bond acceptors (Lipinski definition) is 34. The Hall–Kier alpha value is 1.43. The summed E-state index contributed by atoms with van der Waals surface area (Å²) in [6, 6.07) is 0. The fourth-order valence-electron chi connectivity index (χ4n) is 0. The summed E-state index contributed by atoms with van der Waals surface area (Å²) in [4.78, 5) is 103. The minimum atomic E-state index is -5.39. The molecule has 62 N–H and O–H groups in total. The maximum atomic E-state index is 8.55. The second-order valence-corrected chi connectivity index (χ2v) is 5.37. The molecule has 0 aliphatic heterocycles. The molecule has 0 amide bonds. The van der Waals surface area contributed by atoms with Crippen molar-refractivity contribution >= 4 is 31.3 Å². The Morgan fingerprint density at radius 1 is 0.200 bits per heavy atom. The summed E-state index contributed by atoms with van der Waals surface area (Å²) in [5, 5.41) is 0. The molecular formula is H62N18O20P4Ru3. The van der Waals surface area contributed by atoms with Crippen molar-refractivity contribution in [2.45, 2.75) is 0 Å². The van der Waals surface area contributed by atoms with E-state index in [-0.39, 0.29) is 191 Å². The van der Waals surface area contributed by atoms with Gasteiger partial charge in [-0.15, -0.1) is 0 Å². The molecule has 0 aliphatic rings. The molecule has 45 heavy (non-hydrogen) atoms. The van der Waals surface area contributed by atoms with Gasteiger partial charge in [0.15, 0.2) is 0 Å². The van der Waals surface area contributed by atoms with E-state index in [1.165, 1.54) is 0 Å². The maximum Gasteiger partial charge on any atom is 4.00 e. The maximum absolute atomic E-state index is 8.55. The van der Waals surface area contributed by atoms with Gasteiger partial charge in [0, 0.05) is 0 Å². The van der Waals surface area contributed by atoms with E-state index < -0.39 is 31.3 Å². The van der Waals surface area contributed by atoms with Crippen molar-refractivity contribution in [2.75, 3.05) is 0 Å². The van der Waals surface area contributed by atoms with Gasteiger partial charge in [-0.25, -0.2) is 0 Å². The molecule has 0 aromatic carbocycles. The van der Waals surface area contributed by atoms with Crippen LogP contribution >= 0.6 is 31.3 Å². The van der Waals surface area contributed by atoms with Gasteiger partial charge in [-0.1, -0.05) is 0 Å². The van der Waals surface area contributed by atoms with Crippen LogP contribution < -0.4 is 169 Å². The van der Waals surface area contributed by atoms with Gasteiger partial charge < -0.3 is 210 Å². The first kappa shape index (κ1) is 315. The monoisotopic (exact) mass is 1060 g/mol. The van der Waals surface area contributed by atoms with Crippen molar-refractivity contribution in [3.05, 3.63) is 0 Å². The van der Waals surface area contributed by atoms with Crippen molar-refractivity contribution in [3.8, 4) is 0 Å². The summed E-state index contributed by atoms with van der Waals surface area (Å²) in [6.45, 7) is 0. The van der Waals surface area contributed by atoms with E-state index >= 15 is 0 Å². The molecule has 0 atom stereocenters. The molecule has 0 heterocycles. The van der Waals surface area contributed by atoms with Crippen LogP contribution in [0.2, 0.25) is 0 Å². The van der Waals surface area contributed by atoms with Crippen molar-refractivity contribution in [1.29, 1.82) is 0 Å². The van der Waals surface area contributed by atoms with E-state index in [0.717, 1.165) is 0 Å². The molecule has 0 fully saturated rings. The molecule has 0 spiro atoms. The van der Waals surface area contributed by atoms with Gasteiger partial charge in [0.2, 0.25) is 0 Å². The molecule has 0 radical (unpaired) electrons. The molecule has 0 saturated heterocycles. The van der Waals surface area contributed by atoms with Crippen LogP contribution in [0.1, 0.15) is 0 Å². The summed E-state index contributed by atoms with van der Waals surface area (Å²) < 4.78 is 34.2. The zero-order valence-electron chi connectivity index (χ0n) is 24.1. The summed E-state index contributed by atoms with van der Waals surface area (Å²) in [5.74, 6) is 0. The normalized spacial score (nSPS) is 5.24. The third-order valence-corrected chi connectivity index (χ3v) is 0. The molecule has 0 rings (SSSR count). The van der Waals surface area contributed by atoms with Gasteiger partial charge in [0.1, 0.15) is 0 Å². The molecule has 45 heteroatoms. The molecule has 316 valence electrons. The minimum absolute atomic E-state index is 0. The second kappa shape index (κ2) is 139. The Balaban J connectivity index is -0.00000000237. The third kappa shape index (κ3) is 41900. The quantitative estimate of drug-likeness (QED) is 0.0791. The second-order valence-electron chi connectivity index (χ2n) is 1.79. The van der Waals surface area contributed by atoms with E-state index in [9.17, 15) is 0 Å². The van der Waals surface area contributed by atoms with Crippen LogP contribution in [0.4, 0.5) is 0 Å². The van der Waals surface area contributed by atoms with E-state index in [0.29, 0.717) is 0 Å². The first-order valence-corrected chi connectivity index (χ1v) is 8.76. The van der Waals surface area contributed by atoms with Crippen LogP contribution in [-0.2, 0) is 76.7 Å². The van der Waals surface area contributed by atoms with Crippen LogP contribution in [0.5, 0.6) is 0 Å². The van der Waals surface area contributed by atoms with E-state index in [1.807, 2.05) is 0 Å². The van der Waals surface area contributed by atoms with Crippen LogP contribution in [-0.4, -0.2) is 21.9 Å². The van der Waals surface area contributed by atoms with Gasteiger partial charge in [0.05, 0.1) is 0 Å². The van der Waals surface area contributed by atoms with Gasteiger partial charge in [-0.3, -0.25) is 0 Å². The number of phosphoric acid groups is 4. The first-order valence-electron chi connectivity index (χ1n) is 2.92. The average molecular weight is 1060 g/mol. The van der Waals surface area contributed by atoms with E-state index in [4.69, 9.17) is 77.0 Å². The van der Waals surface area contributed by atoms with Gasteiger partial charge >= 0.3 is 58.4 Å². The molecule has 38 nitrogen and oxygen atoms in total. The molecule has 0 aliphatic carbocycles. The van der Waals surface area contributed by atoms with Gasteiger partial charge in [0.25, 0.3) is 0 Å². The Morgan fingerprint density at radius 2 is 0.200 bits per heavy atom. The van der Waals surface area contributed by atoms with Crippen molar-refractivity contribution in [1.82, 2.24) is 111 Å². The zero-order chi connectivity index (χ0) is 18.0. The van der Waals surface area contributed by atoms with Crippen molar-refractivity contribution in [2.24, 2.45) is 0 Å². The predicted molar refractivity (Wildman–Crippen MR) is 135 cm³/mol. The summed E-state index contributed by atoms with van der Waals surface area (Å²) in [5.41, 5.74) is 0. The van der Waals surface area contributed by atoms with Crippen LogP contribution in [0.15, 0.2) is 0 Å². The number of rotatable bonds is 0. The first-order chi connectivity index (χ1) is 8.00. The van der Waals surface area contributed by atoms with Crippen molar-refractivity contribution in [3.63, 3.8) is 0 Å². The minimum Gasteiger partial charge on any atom is -0.822 e. The van der Waals surface area contributed by atoms with Gasteiger partial charge in [-0.05, 0) is 0 Å². The molecule has 0 bridgehead atoms. The van der Waals surface area contributed by atoms with Gasteiger partial charge in [-0.2, -0.15) is 31.3 Å². The van der Waals surface area contributed by atoms with Crippen LogP contribution in [0.3, 0.4) is 0 Å². The van der Waals surface area contributed by atoms with Crippen LogP contribution in [0, 0.1) is 0 Å². The third-order valence-electron chi connectivity index (χ3n) is 0.